The molecule has 0 spiro atoms. The molecular formula is C17H26BNO3. The number of nitrogens with zero attached hydrogens (tertiary/aromatic N) is 1. The minimum absolute atomic E-state index is 0.0376. The maximum absolute atomic E-state index is 9.26. The van der Waals surface area contributed by atoms with Gasteiger partial charge in [-0.15, -0.1) is 0 Å². The number of methoxy groups -OCH3 is 1. The number of ether oxygens (including phenoxy) is 2. The summed E-state index contributed by atoms with van der Waals surface area (Å²) in [4.78, 5) is 0. The molecule has 1 aromatic rings. The predicted octanol–water partition coefficient (Wildman–Crippen LogP) is 2.54. The molecule has 0 heterocycles. The van der Waals surface area contributed by atoms with E-state index in [1.807, 2.05) is 59.7 Å². The van der Waals surface area contributed by atoms with Gasteiger partial charge in [0, 0.05) is 7.11 Å². The van der Waals surface area contributed by atoms with Crippen LogP contribution < -0.4 is 10.2 Å². The Hall–Kier alpha value is -1.51. The van der Waals surface area contributed by atoms with Gasteiger partial charge in [-0.3, -0.25) is 0 Å². The van der Waals surface area contributed by atoms with Crippen molar-refractivity contribution >= 4 is 12.9 Å². The van der Waals surface area contributed by atoms with E-state index in [4.69, 9.17) is 14.1 Å². The molecule has 22 heavy (non-hydrogen) atoms. The van der Waals surface area contributed by atoms with E-state index in [1.54, 1.807) is 7.11 Å². The Morgan fingerprint density at radius 2 is 1.77 bits per heavy atom. The zero-order chi connectivity index (χ0) is 17.0. The van der Waals surface area contributed by atoms with Crippen molar-refractivity contribution in [1.29, 1.82) is 5.26 Å². The number of rotatable bonds is 7. The number of hydrogen-bond acceptors (Lipinski definition) is 4. The van der Waals surface area contributed by atoms with Gasteiger partial charge >= 0.3 is 7.48 Å². The molecular weight excluding hydrogens is 277 g/mol. The summed E-state index contributed by atoms with van der Waals surface area (Å²) >= 11 is 0. The van der Waals surface area contributed by atoms with Crippen molar-refractivity contribution in [3.8, 4) is 11.8 Å². The van der Waals surface area contributed by atoms with E-state index in [9.17, 15) is 5.26 Å². The van der Waals surface area contributed by atoms with Gasteiger partial charge in [0.2, 0.25) is 0 Å². The monoisotopic (exact) mass is 303 g/mol. The van der Waals surface area contributed by atoms with E-state index in [0.717, 1.165) is 5.46 Å². The van der Waals surface area contributed by atoms with Crippen molar-refractivity contribution in [2.24, 2.45) is 0 Å². The van der Waals surface area contributed by atoms with Gasteiger partial charge in [0.15, 0.2) is 0 Å². The van der Waals surface area contributed by atoms with Crippen molar-refractivity contribution in [3.05, 3.63) is 23.8 Å². The van der Waals surface area contributed by atoms with Crippen LogP contribution in [0.2, 0.25) is 0 Å². The second-order valence-corrected chi connectivity index (χ2v) is 6.62. The lowest BCUT2D eigenvalue weighted by Crippen LogP contribution is -2.50. The van der Waals surface area contributed by atoms with Crippen LogP contribution in [0.5, 0.6) is 5.75 Å². The van der Waals surface area contributed by atoms with Crippen LogP contribution >= 0.6 is 0 Å². The molecule has 0 amide bonds. The molecule has 0 atom stereocenters. The molecule has 1 rings (SSSR count). The first-order chi connectivity index (χ1) is 10.1. The van der Waals surface area contributed by atoms with Gasteiger partial charge in [-0.1, -0.05) is 11.5 Å². The smallest absolute Gasteiger partial charge is 0.309 e. The summed E-state index contributed by atoms with van der Waals surface area (Å²) < 4.78 is 17.1. The standard InChI is InChI=1S/C17H26BNO3/c1-12(2)21-15-9-8-14(10-13(15)11-19)18-22-17(5,6)16(3,4)20-7/h8-10,12,18H,1-7H3. The highest BCUT2D eigenvalue weighted by molar-refractivity contribution is 6.47. The lowest BCUT2D eigenvalue weighted by Gasteiger charge is -2.40. The Labute approximate surface area is 134 Å². The molecule has 0 unspecified atom stereocenters. The van der Waals surface area contributed by atoms with Crippen LogP contribution in [-0.2, 0) is 9.39 Å². The Balaban J connectivity index is 2.86. The zero-order valence-corrected chi connectivity index (χ0v) is 14.7. The van der Waals surface area contributed by atoms with Crippen LogP contribution in [0.3, 0.4) is 0 Å². The van der Waals surface area contributed by atoms with E-state index >= 15 is 0 Å². The average molecular weight is 303 g/mol. The predicted molar refractivity (Wildman–Crippen MR) is 90.0 cm³/mol. The van der Waals surface area contributed by atoms with Gasteiger partial charge < -0.3 is 14.1 Å². The minimum Gasteiger partial charge on any atom is -0.490 e. The van der Waals surface area contributed by atoms with E-state index < -0.39 is 11.2 Å². The van der Waals surface area contributed by atoms with Crippen molar-refractivity contribution in [1.82, 2.24) is 0 Å². The summed E-state index contributed by atoms with van der Waals surface area (Å²) in [5, 5.41) is 9.26. The van der Waals surface area contributed by atoms with Gasteiger partial charge in [0.25, 0.3) is 0 Å². The first-order valence-corrected chi connectivity index (χ1v) is 7.51. The van der Waals surface area contributed by atoms with E-state index in [2.05, 4.69) is 6.07 Å². The molecule has 0 saturated carbocycles. The molecule has 0 aliphatic heterocycles. The lowest BCUT2D eigenvalue weighted by atomic mass is 9.82. The zero-order valence-electron chi connectivity index (χ0n) is 14.7. The fraction of sp³-hybridized carbons (Fsp3) is 0.588. The van der Waals surface area contributed by atoms with Gasteiger partial charge in [0.05, 0.1) is 22.9 Å². The fourth-order valence-corrected chi connectivity index (χ4v) is 1.79. The van der Waals surface area contributed by atoms with Crippen LogP contribution in [0.15, 0.2) is 18.2 Å². The van der Waals surface area contributed by atoms with Gasteiger partial charge in [-0.05, 0) is 53.7 Å². The SMILES string of the molecule is COC(C)(C)C(C)(C)OBc1ccc(OC(C)C)c(C#N)c1. The summed E-state index contributed by atoms with van der Waals surface area (Å²) in [6.45, 7) is 11.9. The lowest BCUT2D eigenvalue weighted by molar-refractivity contribution is -0.114. The second kappa shape index (κ2) is 7.17. The third-order valence-electron chi connectivity index (χ3n) is 4.09. The Morgan fingerprint density at radius 1 is 1.14 bits per heavy atom. The summed E-state index contributed by atoms with van der Waals surface area (Å²) in [6.07, 6.45) is 0.0376. The summed E-state index contributed by atoms with van der Waals surface area (Å²) in [7, 11) is 2.09. The topological polar surface area (TPSA) is 51.5 Å². The van der Waals surface area contributed by atoms with Crippen molar-refractivity contribution < 1.29 is 14.1 Å². The number of hydrogen-bond donors (Lipinski definition) is 0. The molecule has 0 radical (unpaired) electrons. The summed E-state index contributed by atoms with van der Waals surface area (Å²) in [5.41, 5.74) is 0.596. The van der Waals surface area contributed by atoms with E-state index in [1.165, 1.54) is 0 Å². The minimum atomic E-state index is -0.457. The van der Waals surface area contributed by atoms with Crippen LogP contribution in [-0.4, -0.2) is 31.9 Å². The van der Waals surface area contributed by atoms with Gasteiger partial charge in [0.1, 0.15) is 11.8 Å². The first kappa shape index (κ1) is 18.5. The molecule has 0 N–H and O–H groups in total. The number of nitriles is 1. The van der Waals surface area contributed by atoms with Gasteiger partial charge in [-0.2, -0.15) is 5.26 Å². The quantitative estimate of drug-likeness (QED) is 0.726. The molecule has 0 aliphatic rings. The maximum atomic E-state index is 9.26. The molecule has 0 aliphatic carbocycles. The highest BCUT2D eigenvalue weighted by atomic mass is 16.5. The molecule has 0 bridgehead atoms. The Morgan fingerprint density at radius 3 is 2.27 bits per heavy atom. The average Bonchev–Trinajstić information content (AvgIpc) is 2.45. The van der Waals surface area contributed by atoms with Crippen molar-refractivity contribution in [2.75, 3.05) is 7.11 Å². The maximum Gasteiger partial charge on any atom is 0.309 e. The number of benzene rings is 1. The summed E-state index contributed by atoms with van der Waals surface area (Å²) in [5.74, 6) is 0.609. The molecule has 0 aromatic heterocycles. The van der Waals surface area contributed by atoms with Crippen LogP contribution in [0.25, 0.3) is 0 Å². The highest BCUT2D eigenvalue weighted by Gasteiger charge is 2.37. The molecule has 1 aromatic carbocycles. The van der Waals surface area contributed by atoms with Crippen LogP contribution in [0, 0.1) is 11.3 Å². The Bertz CT molecular complexity index is 547. The van der Waals surface area contributed by atoms with Gasteiger partial charge in [-0.25, -0.2) is 0 Å². The Kier molecular flexibility index (Phi) is 6.04. The third kappa shape index (κ3) is 4.49. The van der Waals surface area contributed by atoms with E-state index in [0.29, 0.717) is 18.8 Å². The van der Waals surface area contributed by atoms with Crippen LogP contribution in [0.4, 0.5) is 0 Å². The largest absolute Gasteiger partial charge is 0.490 e. The van der Waals surface area contributed by atoms with Crippen molar-refractivity contribution in [2.45, 2.75) is 58.8 Å². The highest BCUT2D eigenvalue weighted by Crippen LogP contribution is 2.27. The molecule has 0 saturated heterocycles. The first-order valence-electron chi connectivity index (χ1n) is 7.51. The van der Waals surface area contributed by atoms with Crippen molar-refractivity contribution in [3.63, 3.8) is 0 Å². The summed E-state index contributed by atoms with van der Waals surface area (Å²) in [6, 6.07) is 7.74. The second-order valence-electron chi connectivity index (χ2n) is 6.62. The molecule has 5 heteroatoms. The molecule has 120 valence electrons. The molecule has 0 fully saturated rings. The van der Waals surface area contributed by atoms with E-state index in [-0.39, 0.29) is 6.10 Å². The normalized spacial score (nSPS) is 12.1. The third-order valence-corrected chi connectivity index (χ3v) is 4.09. The molecule has 4 nitrogen and oxygen atoms in total. The fourth-order valence-electron chi connectivity index (χ4n) is 1.79. The van der Waals surface area contributed by atoms with Crippen LogP contribution in [0.1, 0.15) is 47.1 Å².